The Bertz CT molecular complexity index is 314. The summed E-state index contributed by atoms with van der Waals surface area (Å²) in [5.41, 5.74) is -0.880. The molecular weight excluding hydrogens is 234 g/mol. The Morgan fingerprint density at radius 2 is 1.94 bits per heavy atom. The summed E-state index contributed by atoms with van der Waals surface area (Å²) in [7, 11) is 0. The smallest absolute Gasteiger partial charge is 0.306 e. The van der Waals surface area contributed by atoms with E-state index >= 15 is 0 Å². The van der Waals surface area contributed by atoms with Crippen LogP contribution in [0.15, 0.2) is 0 Å². The number of aliphatic hydroxyl groups is 1. The van der Waals surface area contributed by atoms with Gasteiger partial charge in [0.05, 0.1) is 11.5 Å². The summed E-state index contributed by atoms with van der Waals surface area (Å²) in [4.78, 5) is 22.6. The highest BCUT2D eigenvalue weighted by molar-refractivity contribution is 5.80. The van der Waals surface area contributed by atoms with Crippen molar-refractivity contribution in [3.63, 3.8) is 0 Å². The molecule has 1 rings (SSSR count). The van der Waals surface area contributed by atoms with Gasteiger partial charge in [-0.1, -0.05) is 13.3 Å². The van der Waals surface area contributed by atoms with Crippen molar-refractivity contribution in [3.05, 3.63) is 0 Å². The Labute approximate surface area is 108 Å². The van der Waals surface area contributed by atoms with E-state index in [2.05, 4.69) is 5.32 Å². The third-order valence-corrected chi connectivity index (χ3v) is 3.58. The molecule has 1 amide bonds. The molecule has 0 aromatic heterocycles. The van der Waals surface area contributed by atoms with Gasteiger partial charge in [-0.25, -0.2) is 0 Å². The first kappa shape index (κ1) is 15.0. The maximum absolute atomic E-state index is 11.8. The number of aliphatic carboxylic acids is 1. The SMILES string of the molecule is CCCC(C)(O)CNC(=O)C1CCC(C(=O)O)C1. The molecule has 1 fully saturated rings. The monoisotopic (exact) mass is 257 g/mol. The Kier molecular flexibility index (Phi) is 5.14. The van der Waals surface area contributed by atoms with Crippen LogP contribution in [0.2, 0.25) is 0 Å². The highest BCUT2D eigenvalue weighted by Gasteiger charge is 2.34. The van der Waals surface area contributed by atoms with Crippen LogP contribution in [0, 0.1) is 11.8 Å². The molecule has 1 saturated carbocycles. The van der Waals surface area contributed by atoms with Crippen LogP contribution in [-0.2, 0) is 9.59 Å². The summed E-state index contributed by atoms with van der Waals surface area (Å²) in [5, 5.41) is 21.5. The molecule has 1 aliphatic carbocycles. The lowest BCUT2D eigenvalue weighted by Gasteiger charge is -2.23. The van der Waals surface area contributed by atoms with E-state index in [1.807, 2.05) is 6.92 Å². The molecule has 0 aromatic carbocycles. The summed E-state index contributed by atoms with van der Waals surface area (Å²) in [6, 6.07) is 0. The van der Waals surface area contributed by atoms with Crippen molar-refractivity contribution in [2.24, 2.45) is 11.8 Å². The number of hydrogen-bond donors (Lipinski definition) is 3. The van der Waals surface area contributed by atoms with E-state index in [1.54, 1.807) is 6.92 Å². The number of nitrogens with one attached hydrogen (secondary N) is 1. The molecular formula is C13H23NO4. The average Bonchev–Trinajstić information content (AvgIpc) is 2.75. The van der Waals surface area contributed by atoms with E-state index in [1.165, 1.54) is 0 Å². The summed E-state index contributed by atoms with van der Waals surface area (Å²) in [6.45, 7) is 3.91. The molecule has 0 aromatic rings. The molecule has 0 spiro atoms. The zero-order valence-corrected chi connectivity index (χ0v) is 11.1. The van der Waals surface area contributed by atoms with Gasteiger partial charge in [-0.3, -0.25) is 9.59 Å². The molecule has 0 aliphatic heterocycles. The van der Waals surface area contributed by atoms with Gasteiger partial charge in [0.2, 0.25) is 5.91 Å². The van der Waals surface area contributed by atoms with Gasteiger partial charge in [0.1, 0.15) is 0 Å². The van der Waals surface area contributed by atoms with Crippen molar-refractivity contribution < 1.29 is 19.8 Å². The molecule has 3 atom stereocenters. The molecule has 0 radical (unpaired) electrons. The van der Waals surface area contributed by atoms with Crippen molar-refractivity contribution in [3.8, 4) is 0 Å². The Morgan fingerprint density at radius 1 is 1.33 bits per heavy atom. The van der Waals surface area contributed by atoms with Gasteiger partial charge < -0.3 is 15.5 Å². The van der Waals surface area contributed by atoms with E-state index in [0.717, 1.165) is 6.42 Å². The van der Waals surface area contributed by atoms with Crippen molar-refractivity contribution >= 4 is 11.9 Å². The van der Waals surface area contributed by atoms with E-state index in [9.17, 15) is 14.7 Å². The molecule has 104 valence electrons. The van der Waals surface area contributed by atoms with Gasteiger partial charge in [-0.15, -0.1) is 0 Å². The molecule has 5 nitrogen and oxygen atoms in total. The number of amides is 1. The topological polar surface area (TPSA) is 86.6 Å². The minimum absolute atomic E-state index is 0.130. The van der Waals surface area contributed by atoms with Crippen LogP contribution in [0.25, 0.3) is 0 Å². The Hall–Kier alpha value is -1.10. The quantitative estimate of drug-likeness (QED) is 0.666. The second-order valence-corrected chi connectivity index (χ2v) is 5.51. The third kappa shape index (κ3) is 4.29. The van der Waals surface area contributed by atoms with Crippen LogP contribution in [0.4, 0.5) is 0 Å². The number of hydrogen-bond acceptors (Lipinski definition) is 3. The maximum atomic E-state index is 11.8. The average molecular weight is 257 g/mol. The summed E-state index contributed by atoms with van der Waals surface area (Å²) in [5.74, 6) is -1.56. The predicted octanol–water partition coefficient (Wildman–Crippen LogP) is 1.15. The largest absolute Gasteiger partial charge is 0.481 e. The second kappa shape index (κ2) is 6.18. The molecule has 1 aliphatic rings. The normalized spacial score (nSPS) is 26.6. The molecule has 0 heterocycles. The lowest BCUT2D eigenvalue weighted by atomic mass is 9.99. The standard InChI is InChI=1S/C13H23NO4/c1-3-6-13(2,18)8-14-11(15)9-4-5-10(7-9)12(16)17/h9-10,18H,3-8H2,1-2H3,(H,14,15)(H,16,17). The number of carboxylic acids is 1. The number of rotatable bonds is 6. The lowest BCUT2D eigenvalue weighted by molar-refractivity contribution is -0.141. The van der Waals surface area contributed by atoms with Gasteiger partial charge in [-0.05, 0) is 32.6 Å². The fourth-order valence-electron chi connectivity index (χ4n) is 2.49. The molecule has 5 heteroatoms. The fraction of sp³-hybridized carbons (Fsp3) is 0.846. The van der Waals surface area contributed by atoms with Crippen molar-refractivity contribution in [2.75, 3.05) is 6.54 Å². The van der Waals surface area contributed by atoms with Crippen LogP contribution >= 0.6 is 0 Å². The van der Waals surface area contributed by atoms with Gasteiger partial charge in [0.15, 0.2) is 0 Å². The van der Waals surface area contributed by atoms with Crippen LogP contribution in [0.5, 0.6) is 0 Å². The van der Waals surface area contributed by atoms with Crippen LogP contribution in [-0.4, -0.2) is 34.2 Å². The molecule has 0 saturated heterocycles. The van der Waals surface area contributed by atoms with Crippen LogP contribution in [0.1, 0.15) is 46.0 Å². The van der Waals surface area contributed by atoms with Crippen LogP contribution < -0.4 is 5.32 Å². The highest BCUT2D eigenvalue weighted by Crippen LogP contribution is 2.31. The van der Waals surface area contributed by atoms with Gasteiger partial charge in [-0.2, -0.15) is 0 Å². The zero-order chi connectivity index (χ0) is 13.8. The van der Waals surface area contributed by atoms with Gasteiger partial charge in [0.25, 0.3) is 0 Å². The van der Waals surface area contributed by atoms with Crippen molar-refractivity contribution in [1.82, 2.24) is 5.32 Å². The lowest BCUT2D eigenvalue weighted by Crippen LogP contribution is -2.42. The van der Waals surface area contributed by atoms with Gasteiger partial charge in [0, 0.05) is 12.5 Å². The van der Waals surface area contributed by atoms with Crippen molar-refractivity contribution in [2.45, 2.75) is 51.6 Å². The highest BCUT2D eigenvalue weighted by atomic mass is 16.4. The predicted molar refractivity (Wildman–Crippen MR) is 67.0 cm³/mol. The Morgan fingerprint density at radius 3 is 2.44 bits per heavy atom. The van der Waals surface area contributed by atoms with E-state index in [-0.39, 0.29) is 18.4 Å². The second-order valence-electron chi connectivity index (χ2n) is 5.51. The third-order valence-electron chi connectivity index (χ3n) is 3.58. The fourth-order valence-corrected chi connectivity index (χ4v) is 2.49. The number of carboxylic acid groups (broad SMARTS) is 1. The summed E-state index contributed by atoms with van der Waals surface area (Å²) in [6.07, 6.45) is 3.09. The molecule has 0 bridgehead atoms. The molecule has 18 heavy (non-hydrogen) atoms. The van der Waals surface area contributed by atoms with Crippen molar-refractivity contribution in [1.29, 1.82) is 0 Å². The van der Waals surface area contributed by atoms with E-state index < -0.39 is 17.5 Å². The number of carbonyl (C=O) groups excluding carboxylic acids is 1. The minimum Gasteiger partial charge on any atom is -0.481 e. The molecule has 3 N–H and O–H groups in total. The van der Waals surface area contributed by atoms with E-state index in [4.69, 9.17) is 5.11 Å². The first-order chi connectivity index (χ1) is 8.35. The van der Waals surface area contributed by atoms with Gasteiger partial charge >= 0.3 is 5.97 Å². The Balaban J connectivity index is 2.36. The maximum Gasteiger partial charge on any atom is 0.306 e. The zero-order valence-electron chi connectivity index (χ0n) is 11.1. The van der Waals surface area contributed by atoms with Crippen LogP contribution in [0.3, 0.4) is 0 Å². The first-order valence-corrected chi connectivity index (χ1v) is 6.58. The minimum atomic E-state index is -0.880. The number of carbonyl (C=O) groups is 2. The molecule has 3 unspecified atom stereocenters. The van der Waals surface area contributed by atoms with E-state index in [0.29, 0.717) is 25.7 Å². The first-order valence-electron chi connectivity index (χ1n) is 6.58. The summed E-state index contributed by atoms with van der Waals surface area (Å²) < 4.78 is 0. The summed E-state index contributed by atoms with van der Waals surface area (Å²) >= 11 is 0.